The fourth-order valence-electron chi connectivity index (χ4n) is 3.02. The molecule has 3 aromatic rings. The van der Waals surface area contributed by atoms with Gasteiger partial charge in [-0.15, -0.1) is 0 Å². The molecule has 4 nitrogen and oxygen atoms in total. The van der Waals surface area contributed by atoms with Gasteiger partial charge in [0.1, 0.15) is 5.60 Å². The number of fused-ring (bicyclic) bond motifs is 1. The molecular formula is C23H26N2O2. The summed E-state index contributed by atoms with van der Waals surface area (Å²) < 4.78 is 5.34. The standard InChI is InChI=1S/C23H26N2O2/c1-16-20(25-22(26)27-23(2,3)4)15-19-12-8-11-18(21(19)24-16)14-13-17-9-6-5-7-10-17/h5-12,15H,13-14H2,1-4H3,(H,25,26). The summed E-state index contributed by atoms with van der Waals surface area (Å²) in [6.07, 6.45) is 1.43. The van der Waals surface area contributed by atoms with Gasteiger partial charge >= 0.3 is 6.09 Å². The van der Waals surface area contributed by atoms with Crippen LogP contribution < -0.4 is 5.32 Å². The van der Waals surface area contributed by atoms with Crippen molar-refractivity contribution in [1.29, 1.82) is 0 Å². The van der Waals surface area contributed by atoms with Crippen LogP contribution in [0.2, 0.25) is 0 Å². The minimum Gasteiger partial charge on any atom is -0.444 e. The molecule has 0 fully saturated rings. The quantitative estimate of drug-likeness (QED) is 0.650. The molecule has 0 saturated carbocycles. The highest BCUT2D eigenvalue weighted by Crippen LogP contribution is 2.25. The van der Waals surface area contributed by atoms with Crippen molar-refractivity contribution >= 4 is 22.7 Å². The molecule has 27 heavy (non-hydrogen) atoms. The van der Waals surface area contributed by atoms with Crippen LogP contribution in [0, 0.1) is 6.92 Å². The SMILES string of the molecule is Cc1nc2c(CCc3ccccc3)cccc2cc1NC(=O)OC(C)(C)C. The molecule has 140 valence electrons. The van der Waals surface area contributed by atoms with Gasteiger partial charge in [0.05, 0.1) is 16.9 Å². The van der Waals surface area contributed by atoms with Crippen molar-refractivity contribution in [3.8, 4) is 0 Å². The molecule has 0 atom stereocenters. The number of benzene rings is 2. The molecule has 3 rings (SSSR count). The van der Waals surface area contributed by atoms with E-state index in [-0.39, 0.29) is 0 Å². The molecule has 0 aliphatic carbocycles. The van der Waals surface area contributed by atoms with E-state index < -0.39 is 11.7 Å². The van der Waals surface area contributed by atoms with E-state index in [1.54, 1.807) is 0 Å². The molecule has 1 amide bonds. The fourth-order valence-corrected chi connectivity index (χ4v) is 3.02. The number of amides is 1. The highest BCUT2D eigenvalue weighted by Gasteiger charge is 2.17. The number of hydrogen-bond acceptors (Lipinski definition) is 3. The Bertz CT molecular complexity index is 944. The number of pyridine rings is 1. The van der Waals surface area contributed by atoms with Crippen molar-refractivity contribution in [1.82, 2.24) is 4.98 Å². The average molecular weight is 362 g/mol. The molecule has 0 radical (unpaired) electrons. The largest absolute Gasteiger partial charge is 0.444 e. The Kier molecular flexibility index (Phi) is 5.45. The summed E-state index contributed by atoms with van der Waals surface area (Å²) >= 11 is 0. The summed E-state index contributed by atoms with van der Waals surface area (Å²) in [4.78, 5) is 16.8. The number of anilines is 1. The average Bonchev–Trinajstić information content (AvgIpc) is 2.60. The number of para-hydroxylation sites is 1. The van der Waals surface area contributed by atoms with Gasteiger partial charge in [-0.25, -0.2) is 4.79 Å². The smallest absolute Gasteiger partial charge is 0.412 e. The monoisotopic (exact) mass is 362 g/mol. The van der Waals surface area contributed by atoms with Gasteiger partial charge in [0.25, 0.3) is 0 Å². The lowest BCUT2D eigenvalue weighted by atomic mass is 10.0. The highest BCUT2D eigenvalue weighted by atomic mass is 16.6. The van der Waals surface area contributed by atoms with E-state index in [9.17, 15) is 4.79 Å². The number of hydrogen-bond donors (Lipinski definition) is 1. The van der Waals surface area contributed by atoms with Crippen LogP contribution >= 0.6 is 0 Å². The minimum absolute atomic E-state index is 0.466. The minimum atomic E-state index is -0.535. The van der Waals surface area contributed by atoms with Gasteiger partial charge in [-0.05, 0) is 57.7 Å². The number of carbonyl (C=O) groups excluding carboxylic acids is 1. The first-order chi connectivity index (χ1) is 12.8. The van der Waals surface area contributed by atoms with Gasteiger partial charge in [0.2, 0.25) is 0 Å². The zero-order valence-corrected chi connectivity index (χ0v) is 16.4. The first-order valence-corrected chi connectivity index (χ1v) is 9.25. The van der Waals surface area contributed by atoms with Crippen molar-refractivity contribution in [2.75, 3.05) is 5.32 Å². The molecule has 1 aromatic heterocycles. The molecule has 1 N–H and O–H groups in total. The van der Waals surface area contributed by atoms with Crippen LogP contribution in [-0.4, -0.2) is 16.7 Å². The second-order valence-corrected chi connectivity index (χ2v) is 7.72. The summed E-state index contributed by atoms with van der Waals surface area (Å²) in [7, 11) is 0. The van der Waals surface area contributed by atoms with Crippen molar-refractivity contribution in [3.63, 3.8) is 0 Å². The number of rotatable bonds is 4. The second-order valence-electron chi connectivity index (χ2n) is 7.72. The van der Waals surface area contributed by atoms with Crippen molar-refractivity contribution in [2.24, 2.45) is 0 Å². The van der Waals surface area contributed by atoms with Crippen molar-refractivity contribution in [2.45, 2.75) is 46.1 Å². The highest BCUT2D eigenvalue weighted by molar-refractivity contribution is 5.91. The Balaban J connectivity index is 1.83. The van der Waals surface area contributed by atoms with Crippen molar-refractivity contribution in [3.05, 3.63) is 71.4 Å². The van der Waals surface area contributed by atoms with Gasteiger partial charge in [-0.2, -0.15) is 0 Å². The molecule has 0 bridgehead atoms. The van der Waals surface area contributed by atoms with E-state index in [4.69, 9.17) is 9.72 Å². The Morgan fingerprint density at radius 3 is 2.48 bits per heavy atom. The topological polar surface area (TPSA) is 51.2 Å². The van der Waals surface area contributed by atoms with Gasteiger partial charge in [-0.3, -0.25) is 10.3 Å². The fraction of sp³-hybridized carbons (Fsp3) is 0.304. The molecule has 4 heteroatoms. The lowest BCUT2D eigenvalue weighted by Crippen LogP contribution is -2.27. The van der Waals surface area contributed by atoms with E-state index >= 15 is 0 Å². The normalized spacial score (nSPS) is 11.4. The van der Waals surface area contributed by atoms with Crippen molar-refractivity contribution < 1.29 is 9.53 Å². The zero-order valence-electron chi connectivity index (χ0n) is 16.4. The number of nitrogens with one attached hydrogen (secondary N) is 1. The van der Waals surface area contributed by atoms with Crippen LogP contribution in [-0.2, 0) is 17.6 Å². The van der Waals surface area contributed by atoms with E-state index in [2.05, 4.69) is 35.6 Å². The first kappa shape index (κ1) is 18.9. The Morgan fingerprint density at radius 1 is 1.04 bits per heavy atom. The summed E-state index contributed by atoms with van der Waals surface area (Å²) in [5, 5.41) is 3.82. The molecule has 0 unspecified atom stereocenters. The summed E-state index contributed by atoms with van der Waals surface area (Å²) in [6, 6.07) is 18.6. The Morgan fingerprint density at radius 2 is 1.78 bits per heavy atom. The molecular weight excluding hydrogens is 336 g/mol. The van der Waals surface area contributed by atoms with Crippen LogP contribution in [0.1, 0.15) is 37.6 Å². The van der Waals surface area contributed by atoms with E-state index in [0.29, 0.717) is 5.69 Å². The van der Waals surface area contributed by atoms with Crippen LogP contribution in [0.5, 0.6) is 0 Å². The first-order valence-electron chi connectivity index (χ1n) is 9.25. The van der Waals surface area contributed by atoms with Crippen LogP contribution in [0.15, 0.2) is 54.6 Å². The predicted molar refractivity (Wildman–Crippen MR) is 110 cm³/mol. The predicted octanol–water partition coefficient (Wildman–Crippen LogP) is 5.68. The summed E-state index contributed by atoms with van der Waals surface area (Å²) in [6.45, 7) is 7.44. The Hall–Kier alpha value is -2.88. The zero-order chi connectivity index (χ0) is 19.4. The van der Waals surface area contributed by atoms with Crippen LogP contribution in [0.3, 0.4) is 0 Å². The lowest BCUT2D eigenvalue weighted by Gasteiger charge is -2.20. The number of carbonyl (C=O) groups is 1. The van der Waals surface area contributed by atoms with Gasteiger partial charge in [-0.1, -0.05) is 48.5 Å². The molecule has 0 aliphatic rings. The van der Waals surface area contributed by atoms with Gasteiger partial charge in [0, 0.05) is 5.39 Å². The maximum absolute atomic E-state index is 12.1. The molecule has 0 spiro atoms. The van der Waals surface area contributed by atoms with E-state index in [0.717, 1.165) is 29.4 Å². The van der Waals surface area contributed by atoms with E-state index in [1.807, 2.05) is 52.0 Å². The molecule has 0 aliphatic heterocycles. The molecule has 1 heterocycles. The maximum Gasteiger partial charge on any atom is 0.412 e. The number of aromatic nitrogens is 1. The summed E-state index contributed by atoms with van der Waals surface area (Å²) in [5.41, 5.74) is 4.43. The number of ether oxygens (including phenoxy) is 1. The third-order valence-corrected chi connectivity index (χ3v) is 4.28. The third kappa shape index (κ3) is 5.07. The lowest BCUT2D eigenvalue weighted by molar-refractivity contribution is 0.0636. The maximum atomic E-state index is 12.1. The second kappa shape index (κ2) is 7.78. The molecule has 0 saturated heterocycles. The molecule has 2 aromatic carbocycles. The van der Waals surface area contributed by atoms with Crippen LogP contribution in [0.25, 0.3) is 10.9 Å². The number of nitrogens with zero attached hydrogens (tertiary/aromatic N) is 1. The van der Waals surface area contributed by atoms with Crippen LogP contribution in [0.4, 0.5) is 10.5 Å². The van der Waals surface area contributed by atoms with Gasteiger partial charge in [0.15, 0.2) is 0 Å². The van der Waals surface area contributed by atoms with E-state index in [1.165, 1.54) is 11.1 Å². The third-order valence-electron chi connectivity index (χ3n) is 4.28. The Labute approximate surface area is 160 Å². The number of aryl methyl sites for hydroxylation is 3. The van der Waals surface area contributed by atoms with Gasteiger partial charge < -0.3 is 4.74 Å². The summed E-state index contributed by atoms with van der Waals surface area (Å²) in [5.74, 6) is 0.